The number of rotatable bonds is 5. The maximum atomic E-state index is 5.92. The van der Waals surface area contributed by atoms with E-state index in [0.717, 1.165) is 12.0 Å². The van der Waals surface area contributed by atoms with Gasteiger partial charge in [0.2, 0.25) is 0 Å². The van der Waals surface area contributed by atoms with Gasteiger partial charge in [-0.15, -0.1) is 0 Å². The molecule has 2 aromatic rings. The monoisotopic (exact) mass is 295 g/mol. The van der Waals surface area contributed by atoms with E-state index in [-0.39, 0.29) is 6.04 Å². The Labute approximate surface area is 123 Å². The molecule has 1 atom stereocenters. The summed E-state index contributed by atoms with van der Waals surface area (Å²) in [6.07, 6.45) is 2.32. The highest BCUT2D eigenvalue weighted by Gasteiger charge is 2.13. The Morgan fingerprint density at radius 3 is 2.55 bits per heavy atom. The van der Waals surface area contributed by atoms with Gasteiger partial charge in [0.1, 0.15) is 10.8 Å². The molecule has 1 heterocycles. The molecule has 2 rings (SSSR count). The lowest BCUT2D eigenvalue weighted by atomic mass is 10.1. The van der Waals surface area contributed by atoms with Crippen molar-refractivity contribution in [2.24, 2.45) is 0 Å². The normalized spacial score (nSPS) is 12.2. The summed E-state index contributed by atoms with van der Waals surface area (Å²) in [6.45, 7) is 2.04. The fourth-order valence-corrected chi connectivity index (χ4v) is 2.27. The number of hydrogen-bond donors (Lipinski definition) is 1. The Bertz CT molecular complexity index is 598. The fraction of sp³-hybridized carbons (Fsp3) is 0.357. The summed E-state index contributed by atoms with van der Waals surface area (Å²) in [5.41, 5.74) is 6.99. The third kappa shape index (κ3) is 2.82. The van der Waals surface area contributed by atoms with Crippen LogP contribution in [-0.2, 0) is 6.42 Å². The van der Waals surface area contributed by atoms with Crippen molar-refractivity contribution in [2.75, 3.05) is 20.0 Å². The van der Waals surface area contributed by atoms with Gasteiger partial charge in [0, 0.05) is 0 Å². The van der Waals surface area contributed by atoms with Crippen molar-refractivity contribution in [3.63, 3.8) is 0 Å². The zero-order chi connectivity index (χ0) is 14.7. The lowest BCUT2D eigenvalue weighted by Gasteiger charge is -2.15. The first-order chi connectivity index (χ1) is 9.56. The molecule has 0 radical (unpaired) electrons. The van der Waals surface area contributed by atoms with Crippen molar-refractivity contribution < 1.29 is 9.47 Å². The minimum absolute atomic E-state index is 0.0978. The van der Waals surface area contributed by atoms with Crippen LogP contribution < -0.4 is 15.2 Å². The Kier molecular flexibility index (Phi) is 4.39. The van der Waals surface area contributed by atoms with E-state index >= 15 is 0 Å². The predicted molar refractivity (Wildman–Crippen MR) is 79.6 cm³/mol. The second-order valence-electron chi connectivity index (χ2n) is 4.56. The van der Waals surface area contributed by atoms with Crippen molar-refractivity contribution >= 4 is 17.4 Å². The van der Waals surface area contributed by atoms with E-state index in [1.165, 1.54) is 0 Å². The van der Waals surface area contributed by atoms with Crippen molar-refractivity contribution in [2.45, 2.75) is 19.4 Å². The molecule has 108 valence electrons. The number of methoxy groups -OCH3 is 2. The summed E-state index contributed by atoms with van der Waals surface area (Å²) in [6, 6.07) is 5.94. The largest absolute Gasteiger partial charge is 0.493 e. The highest BCUT2D eigenvalue weighted by molar-refractivity contribution is 6.32. The molecule has 20 heavy (non-hydrogen) atoms. The number of nitrogens with zero attached hydrogens (tertiary/aromatic N) is 2. The summed E-state index contributed by atoms with van der Waals surface area (Å²) in [7, 11) is 3.24. The van der Waals surface area contributed by atoms with E-state index in [2.05, 4.69) is 5.10 Å². The highest BCUT2D eigenvalue weighted by atomic mass is 35.5. The zero-order valence-corrected chi connectivity index (χ0v) is 12.5. The van der Waals surface area contributed by atoms with E-state index in [1.807, 2.05) is 25.1 Å². The lowest BCUT2D eigenvalue weighted by Crippen LogP contribution is -2.12. The average Bonchev–Trinajstić information content (AvgIpc) is 2.79. The van der Waals surface area contributed by atoms with Crippen LogP contribution in [0.5, 0.6) is 11.5 Å². The molecule has 1 unspecified atom stereocenters. The van der Waals surface area contributed by atoms with Gasteiger partial charge in [-0.25, -0.2) is 4.68 Å². The Balaban J connectivity index is 2.19. The molecule has 0 aliphatic heterocycles. The molecule has 0 amide bonds. The molecule has 0 fully saturated rings. The summed E-state index contributed by atoms with van der Waals surface area (Å²) in [5.74, 6) is 1.91. The number of nitrogens with two attached hydrogens (primary N) is 1. The summed E-state index contributed by atoms with van der Waals surface area (Å²) >= 11 is 5.92. The van der Waals surface area contributed by atoms with Crippen molar-refractivity contribution in [1.29, 1.82) is 0 Å². The van der Waals surface area contributed by atoms with E-state index in [4.69, 9.17) is 26.8 Å². The van der Waals surface area contributed by atoms with Gasteiger partial charge in [-0.2, -0.15) is 5.10 Å². The van der Waals surface area contributed by atoms with E-state index in [9.17, 15) is 0 Å². The SMILES string of the molecule is COc1ccc(CC(C)n2ncc(Cl)c2N)cc1OC. The Morgan fingerprint density at radius 1 is 1.30 bits per heavy atom. The first-order valence-corrected chi connectivity index (χ1v) is 6.64. The Hall–Kier alpha value is -1.88. The van der Waals surface area contributed by atoms with Gasteiger partial charge in [-0.05, 0) is 31.0 Å². The standard InChI is InChI=1S/C14H18ClN3O2/c1-9(18-14(16)11(15)8-17-18)6-10-4-5-12(19-2)13(7-10)20-3/h4-5,7-9H,6,16H2,1-3H3. The number of anilines is 1. The van der Waals surface area contributed by atoms with Crippen molar-refractivity contribution in [1.82, 2.24) is 9.78 Å². The molecular formula is C14H18ClN3O2. The maximum absolute atomic E-state index is 5.92. The zero-order valence-electron chi connectivity index (χ0n) is 11.8. The van der Waals surface area contributed by atoms with Crippen LogP contribution in [-0.4, -0.2) is 24.0 Å². The molecule has 6 heteroatoms. The van der Waals surface area contributed by atoms with Crippen LogP contribution in [0.4, 0.5) is 5.82 Å². The Morgan fingerprint density at radius 2 is 2.00 bits per heavy atom. The van der Waals surface area contributed by atoms with Crippen LogP contribution in [0.25, 0.3) is 0 Å². The smallest absolute Gasteiger partial charge is 0.160 e. The molecule has 0 bridgehead atoms. The molecule has 0 aliphatic rings. The van der Waals surface area contributed by atoms with Crippen molar-refractivity contribution in [3.05, 3.63) is 35.0 Å². The molecule has 0 saturated heterocycles. The van der Waals surface area contributed by atoms with Crippen LogP contribution in [0, 0.1) is 0 Å². The molecule has 2 N–H and O–H groups in total. The molecular weight excluding hydrogens is 278 g/mol. The van der Waals surface area contributed by atoms with Crippen molar-refractivity contribution in [3.8, 4) is 11.5 Å². The van der Waals surface area contributed by atoms with Crippen LogP contribution in [0.1, 0.15) is 18.5 Å². The summed E-state index contributed by atoms with van der Waals surface area (Å²) in [5, 5.41) is 4.67. The number of hydrogen-bond acceptors (Lipinski definition) is 4. The second-order valence-corrected chi connectivity index (χ2v) is 4.97. The van der Waals surface area contributed by atoms with E-state index in [1.54, 1.807) is 25.1 Å². The van der Waals surface area contributed by atoms with Gasteiger partial charge in [0.15, 0.2) is 11.5 Å². The molecule has 1 aromatic carbocycles. The molecule has 5 nitrogen and oxygen atoms in total. The number of aromatic nitrogens is 2. The molecule has 0 aliphatic carbocycles. The molecule has 0 saturated carbocycles. The minimum atomic E-state index is 0.0978. The maximum Gasteiger partial charge on any atom is 0.160 e. The first-order valence-electron chi connectivity index (χ1n) is 6.26. The number of nitrogen functional groups attached to an aromatic ring is 1. The van der Waals surface area contributed by atoms with Crippen LogP contribution >= 0.6 is 11.6 Å². The topological polar surface area (TPSA) is 62.3 Å². The summed E-state index contributed by atoms with van der Waals surface area (Å²) < 4.78 is 12.2. The molecule has 0 spiro atoms. The van der Waals surface area contributed by atoms with Crippen LogP contribution in [0.3, 0.4) is 0 Å². The van der Waals surface area contributed by atoms with Gasteiger partial charge in [0.25, 0.3) is 0 Å². The highest BCUT2D eigenvalue weighted by Crippen LogP contribution is 2.30. The number of halogens is 1. The van der Waals surface area contributed by atoms with Gasteiger partial charge >= 0.3 is 0 Å². The first kappa shape index (κ1) is 14.5. The predicted octanol–water partition coefficient (Wildman–Crippen LogP) is 2.94. The van der Waals surface area contributed by atoms with Gasteiger partial charge in [-0.3, -0.25) is 0 Å². The lowest BCUT2D eigenvalue weighted by molar-refractivity contribution is 0.354. The van der Waals surface area contributed by atoms with E-state index in [0.29, 0.717) is 22.3 Å². The molecule has 1 aromatic heterocycles. The van der Waals surface area contributed by atoms with Crippen LogP contribution in [0.2, 0.25) is 5.02 Å². The van der Waals surface area contributed by atoms with Gasteiger partial charge in [-0.1, -0.05) is 17.7 Å². The third-order valence-electron chi connectivity index (χ3n) is 3.18. The second kappa shape index (κ2) is 6.05. The third-order valence-corrected chi connectivity index (χ3v) is 3.47. The van der Waals surface area contributed by atoms with E-state index < -0.39 is 0 Å². The fourth-order valence-electron chi connectivity index (χ4n) is 2.14. The van der Waals surface area contributed by atoms with Gasteiger partial charge < -0.3 is 15.2 Å². The average molecular weight is 296 g/mol. The van der Waals surface area contributed by atoms with Crippen LogP contribution in [0.15, 0.2) is 24.4 Å². The number of benzene rings is 1. The number of ether oxygens (including phenoxy) is 2. The minimum Gasteiger partial charge on any atom is -0.493 e. The van der Waals surface area contributed by atoms with Gasteiger partial charge in [0.05, 0.1) is 26.5 Å². The summed E-state index contributed by atoms with van der Waals surface area (Å²) in [4.78, 5) is 0. The quantitative estimate of drug-likeness (QED) is 0.921.